The number of nitrogens with one attached hydrogen (secondary N) is 3. The Labute approximate surface area is 207 Å². The normalized spacial score (nSPS) is 18.3. The number of aliphatic carboxylic acids is 1. The number of halogens is 1. The molecule has 2 atom stereocenters. The third-order valence-corrected chi connectivity index (χ3v) is 6.21. The second-order valence-corrected chi connectivity index (χ2v) is 9.26. The van der Waals surface area contributed by atoms with E-state index >= 15 is 0 Å². The highest BCUT2D eigenvalue weighted by Gasteiger charge is 2.38. The zero-order valence-corrected chi connectivity index (χ0v) is 20.0. The zero-order chi connectivity index (χ0) is 25.5. The molecule has 6 N–H and O–H groups in total. The average Bonchev–Trinajstić information content (AvgIpc) is 3.65. The van der Waals surface area contributed by atoms with Crippen LogP contribution in [-0.4, -0.2) is 87.8 Å². The highest BCUT2D eigenvalue weighted by molar-refractivity contribution is 6.30. The number of nitrogens with zero attached hydrogens (tertiary/aromatic N) is 3. The van der Waals surface area contributed by atoms with Gasteiger partial charge in [0.05, 0.1) is 6.42 Å². The van der Waals surface area contributed by atoms with E-state index in [1.165, 1.54) is 23.2 Å². The lowest BCUT2D eigenvalue weighted by atomic mass is 9.98. The maximum atomic E-state index is 13.2. The first-order chi connectivity index (χ1) is 16.6. The Balaban J connectivity index is 1.67. The molecule has 12 nitrogen and oxygen atoms in total. The van der Waals surface area contributed by atoms with Crippen LogP contribution >= 0.6 is 11.6 Å². The molecule has 13 heteroatoms. The van der Waals surface area contributed by atoms with E-state index in [4.69, 9.17) is 22.7 Å². The molecule has 190 valence electrons. The van der Waals surface area contributed by atoms with Crippen molar-refractivity contribution in [3.05, 3.63) is 29.0 Å². The molecule has 1 saturated heterocycles. The molecule has 2 heterocycles. The van der Waals surface area contributed by atoms with E-state index in [0.29, 0.717) is 32.5 Å². The Bertz CT molecular complexity index is 987. The van der Waals surface area contributed by atoms with Crippen LogP contribution in [-0.2, 0) is 14.4 Å². The van der Waals surface area contributed by atoms with Gasteiger partial charge in [0.15, 0.2) is 5.96 Å². The van der Waals surface area contributed by atoms with Gasteiger partial charge in [0.1, 0.15) is 18.3 Å². The minimum absolute atomic E-state index is 0.0115. The van der Waals surface area contributed by atoms with Gasteiger partial charge in [-0.25, -0.2) is 0 Å². The van der Waals surface area contributed by atoms with E-state index in [1.807, 2.05) is 0 Å². The van der Waals surface area contributed by atoms with Crippen molar-refractivity contribution in [2.24, 2.45) is 11.7 Å². The fourth-order valence-electron chi connectivity index (χ4n) is 4.05. The molecule has 3 amide bonds. The highest BCUT2D eigenvalue weighted by atomic mass is 35.5. The predicted octanol–water partition coefficient (Wildman–Crippen LogP) is 0.0208. The summed E-state index contributed by atoms with van der Waals surface area (Å²) in [5.41, 5.74) is 5.54. The van der Waals surface area contributed by atoms with Crippen LogP contribution in [0.5, 0.6) is 0 Å². The van der Waals surface area contributed by atoms with Crippen molar-refractivity contribution in [2.75, 3.05) is 26.2 Å². The Morgan fingerprint density at radius 1 is 1.31 bits per heavy atom. The predicted molar refractivity (Wildman–Crippen MR) is 127 cm³/mol. The number of amides is 3. The molecule has 3 rings (SSSR count). The van der Waals surface area contributed by atoms with E-state index in [1.54, 1.807) is 4.90 Å². The SMILES string of the molecule is N=C(N)N1CCC[C@@H](CNC(=O)C[C@H](NC(=O)c2cc(Cl)ccn2)C(=O)N(CC(=O)O)C2CC2)C1. The summed E-state index contributed by atoms with van der Waals surface area (Å²) in [6.45, 7) is 1.05. The van der Waals surface area contributed by atoms with Gasteiger partial charge < -0.3 is 31.3 Å². The summed E-state index contributed by atoms with van der Waals surface area (Å²) in [5, 5.41) is 22.4. The number of rotatable bonds is 10. The van der Waals surface area contributed by atoms with Crippen molar-refractivity contribution in [1.29, 1.82) is 5.41 Å². The van der Waals surface area contributed by atoms with Crippen LogP contribution in [0.4, 0.5) is 0 Å². The van der Waals surface area contributed by atoms with Gasteiger partial charge in [0, 0.05) is 36.9 Å². The van der Waals surface area contributed by atoms with Crippen LogP contribution in [0.3, 0.4) is 0 Å². The van der Waals surface area contributed by atoms with Crippen LogP contribution in [0.25, 0.3) is 0 Å². The van der Waals surface area contributed by atoms with Crippen molar-refractivity contribution < 1.29 is 24.3 Å². The number of hydrogen-bond donors (Lipinski definition) is 5. The van der Waals surface area contributed by atoms with Crippen molar-refractivity contribution in [1.82, 2.24) is 25.4 Å². The van der Waals surface area contributed by atoms with Gasteiger partial charge in [-0.3, -0.25) is 29.6 Å². The first kappa shape index (κ1) is 26.2. The topological polar surface area (TPSA) is 182 Å². The first-order valence-electron chi connectivity index (χ1n) is 11.4. The summed E-state index contributed by atoms with van der Waals surface area (Å²) in [5.74, 6) is -2.90. The molecule has 1 aliphatic heterocycles. The monoisotopic (exact) mass is 507 g/mol. The Morgan fingerprint density at radius 2 is 2.06 bits per heavy atom. The summed E-state index contributed by atoms with van der Waals surface area (Å²) in [6, 6.07) is 1.32. The van der Waals surface area contributed by atoms with Crippen LogP contribution in [0, 0.1) is 11.3 Å². The Morgan fingerprint density at radius 3 is 2.69 bits per heavy atom. The summed E-state index contributed by atoms with van der Waals surface area (Å²) < 4.78 is 0. The van der Waals surface area contributed by atoms with Crippen molar-refractivity contribution in [3.63, 3.8) is 0 Å². The van der Waals surface area contributed by atoms with Gasteiger partial charge in [-0.1, -0.05) is 11.6 Å². The van der Waals surface area contributed by atoms with Gasteiger partial charge >= 0.3 is 5.97 Å². The van der Waals surface area contributed by atoms with Crippen LogP contribution < -0.4 is 16.4 Å². The summed E-state index contributed by atoms with van der Waals surface area (Å²) >= 11 is 5.93. The van der Waals surface area contributed by atoms with Gasteiger partial charge in [-0.2, -0.15) is 0 Å². The lowest BCUT2D eigenvalue weighted by molar-refractivity contribution is -0.146. The van der Waals surface area contributed by atoms with Crippen LogP contribution in [0.1, 0.15) is 42.6 Å². The van der Waals surface area contributed by atoms with E-state index in [-0.39, 0.29) is 35.1 Å². The maximum Gasteiger partial charge on any atom is 0.323 e. The zero-order valence-electron chi connectivity index (χ0n) is 19.2. The number of hydrogen-bond acceptors (Lipinski definition) is 6. The minimum Gasteiger partial charge on any atom is -0.480 e. The third-order valence-electron chi connectivity index (χ3n) is 5.97. The van der Waals surface area contributed by atoms with Crippen molar-refractivity contribution >= 4 is 41.3 Å². The molecule has 1 aromatic rings. The van der Waals surface area contributed by atoms with Crippen LogP contribution in [0.2, 0.25) is 5.02 Å². The van der Waals surface area contributed by atoms with Crippen molar-refractivity contribution in [2.45, 2.75) is 44.2 Å². The van der Waals surface area contributed by atoms with E-state index < -0.39 is 36.3 Å². The number of carbonyl (C=O) groups excluding carboxylic acids is 3. The average molecular weight is 508 g/mol. The Hall–Kier alpha value is -3.41. The number of piperidine rings is 1. The fourth-order valence-corrected chi connectivity index (χ4v) is 4.21. The molecule has 0 bridgehead atoms. The summed E-state index contributed by atoms with van der Waals surface area (Å²) in [6.07, 6.45) is 4.01. The number of pyridine rings is 1. The van der Waals surface area contributed by atoms with Crippen LogP contribution in [0.15, 0.2) is 18.3 Å². The number of carboxylic acids is 1. The first-order valence-corrected chi connectivity index (χ1v) is 11.8. The Kier molecular flexibility index (Phi) is 8.85. The summed E-state index contributed by atoms with van der Waals surface area (Å²) in [7, 11) is 0. The van der Waals surface area contributed by atoms with E-state index in [2.05, 4.69) is 15.6 Å². The third kappa shape index (κ3) is 7.81. The molecule has 1 aliphatic carbocycles. The van der Waals surface area contributed by atoms with Gasteiger partial charge in [0.25, 0.3) is 5.91 Å². The molecule has 0 aromatic carbocycles. The molecular weight excluding hydrogens is 478 g/mol. The number of likely N-dealkylation sites (tertiary alicyclic amines) is 1. The fraction of sp³-hybridized carbons (Fsp3) is 0.545. The van der Waals surface area contributed by atoms with Gasteiger partial charge in [-0.15, -0.1) is 0 Å². The largest absolute Gasteiger partial charge is 0.480 e. The lowest BCUT2D eigenvalue weighted by Gasteiger charge is -2.33. The number of carbonyl (C=O) groups is 4. The smallest absolute Gasteiger partial charge is 0.323 e. The molecule has 1 saturated carbocycles. The molecule has 2 aliphatic rings. The van der Waals surface area contributed by atoms with E-state index in [0.717, 1.165) is 12.8 Å². The number of nitrogens with two attached hydrogens (primary N) is 1. The molecular formula is C22H30ClN7O5. The standard InChI is InChI=1S/C22H30ClN7O5/c23-14-5-6-26-16(8-14)20(34)28-17(21(35)30(12-19(32)33)15-3-4-15)9-18(31)27-10-13-2-1-7-29(11-13)22(24)25/h5-6,8,13,15,17H,1-4,7,9-12H2,(H3,24,25)(H,27,31)(H,28,34)(H,32,33)/t13-,17-/m0/s1. The number of aromatic nitrogens is 1. The molecule has 0 unspecified atom stereocenters. The number of carboxylic acid groups (broad SMARTS) is 1. The second kappa shape index (κ2) is 11.8. The lowest BCUT2D eigenvalue weighted by Crippen LogP contribution is -2.53. The van der Waals surface area contributed by atoms with Gasteiger partial charge in [-0.05, 0) is 43.7 Å². The summed E-state index contributed by atoms with van der Waals surface area (Å²) in [4.78, 5) is 56.9. The minimum atomic E-state index is -1.27. The quantitative estimate of drug-likeness (QED) is 0.217. The van der Waals surface area contributed by atoms with Crippen molar-refractivity contribution in [3.8, 4) is 0 Å². The highest BCUT2D eigenvalue weighted by Crippen LogP contribution is 2.27. The van der Waals surface area contributed by atoms with Gasteiger partial charge in [0.2, 0.25) is 11.8 Å². The second-order valence-electron chi connectivity index (χ2n) is 8.82. The number of guanidine groups is 1. The van der Waals surface area contributed by atoms with E-state index in [9.17, 15) is 24.3 Å². The molecule has 0 spiro atoms. The molecule has 35 heavy (non-hydrogen) atoms. The molecule has 0 radical (unpaired) electrons. The molecule has 2 fully saturated rings. The maximum absolute atomic E-state index is 13.2. The molecule has 1 aromatic heterocycles.